The van der Waals surface area contributed by atoms with Gasteiger partial charge < -0.3 is 0 Å². The molecular formula is C8H11N3O3. The Morgan fingerprint density at radius 2 is 1.71 bits per heavy atom. The van der Waals surface area contributed by atoms with Crippen LogP contribution in [0.5, 0.6) is 0 Å². The lowest BCUT2D eigenvalue weighted by molar-refractivity contribution is 0.548. The molecule has 0 saturated heterocycles. The van der Waals surface area contributed by atoms with Crippen LogP contribution in [-0.4, -0.2) is 18.6 Å². The Morgan fingerprint density at radius 3 is 2.07 bits per heavy atom. The summed E-state index contributed by atoms with van der Waals surface area (Å²) in [7, 11) is 0. The fraction of sp³-hybridized carbons (Fsp3) is 0.500. The lowest BCUT2D eigenvalue weighted by Crippen LogP contribution is -2.30. The van der Waals surface area contributed by atoms with E-state index in [0.717, 1.165) is 0 Å². The van der Waals surface area contributed by atoms with Gasteiger partial charge in [0.2, 0.25) is 0 Å². The van der Waals surface area contributed by atoms with E-state index in [-0.39, 0.29) is 13.1 Å². The van der Waals surface area contributed by atoms with Crippen molar-refractivity contribution < 1.29 is 0 Å². The van der Waals surface area contributed by atoms with E-state index in [1.807, 2.05) is 0 Å². The Bertz CT molecular complexity index is 240. The fourth-order valence-corrected chi connectivity index (χ4v) is 0.851. The molecule has 0 fully saturated rings. The largest absolute Gasteiger partial charge is 0.166 e. The molecule has 76 valence electrons. The highest BCUT2D eigenvalue weighted by Crippen LogP contribution is 2.15. The average molecular weight is 197 g/mol. The molecular weight excluding hydrogens is 186 g/mol. The highest BCUT2D eigenvalue weighted by atomic mass is 16.3. The second kappa shape index (κ2) is 6.76. The number of hydrogen-bond donors (Lipinski definition) is 0. The van der Waals surface area contributed by atoms with Crippen LogP contribution in [0.1, 0.15) is 6.42 Å². The first-order valence-electron chi connectivity index (χ1n) is 3.96. The smallest absolute Gasteiger partial charge is 0.151 e. The van der Waals surface area contributed by atoms with Crippen LogP contribution < -0.4 is 0 Å². The Hall–Kier alpha value is -1.72. The van der Waals surface area contributed by atoms with Gasteiger partial charge in [-0.1, -0.05) is 33.8 Å². The molecule has 0 aromatic carbocycles. The van der Waals surface area contributed by atoms with Crippen molar-refractivity contribution >= 4 is 0 Å². The van der Waals surface area contributed by atoms with Crippen molar-refractivity contribution in [3.63, 3.8) is 0 Å². The highest BCUT2D eigenvalue weighted by Gasteiger charge is 2.29. The van der Waals surface area contributed by atoms with Crippen molar-refractivity contribution in [3.05, 3.63) is 39.5 Å². The molecule has 0 rings (SSSR count). The van der Waals surface area contributed by atoms with E-state index >= 15 is 0 Å². The first kappa shape index (κ1) is 12.3. The molecule has 0 bridgehead atoms. The van der Waals surface area contributed by atoms with Crippen LogP contribution in [-0.2, 0) is 0 Å². The maximum Gasteiger partial charge on any atom is 0.166 e. The number of nitroso groups, excluding NO2 is 3. The quantitative estimate of drug-likeness (QED) is 0.441. The summed E-state index contributed by atoms with van der Waals surface area (Å²) in [4.78, 5) is 30.6. The van der Waals surface area contributed by atoms with Crippen LogP contribution in [0.2, 0.25) is 0 Å². The minimum Gasteiger partial charge on any atom is -0.151 e. The Labute approximate surface area is 81.0 Å². The molecule has 6 nitrogen and oxygen atoms in total. The summed E-state index contributed by atoms with van der Waals surface area (Å²) < 4.78 is 0. The van der Waals surface area contributed by atoms with E-state index in [4.69, 9.17) is 0 Å². The van der Waals surface area contributed by atoms with Gasteiger partial charge in [0.25, 0.3) is 0 Å². The third-order valence-corrected chi connectivity index (χ3v) is 1.59. The van der Waals surface area contributed by atoms with E-state index in [2.05, 4.69) is 22.1 Å². The van der Waals surface area contributed by atoms with Gasteiger partial charge in [-0.05, 0) is 6.42 Å². The van der Waals surface area contributed by atoms with Crippen LogP contribution in [0.3, 0.4) is 0 Å². The molecule has 0 aromatic rings. The zero-order chi connectivity index (χ0) is 10.9. The third kappa shape index (κ3) is 3.79. The molecule has 0 saturated carbocycles. The second-order valence-corrected chi connectivity index (χ2v) is 2.70. The van der Waals surface area contributed by atoms with Gasteiger partial charge in [-0.15, -0.1) is 11.5 Å². The summed E-state index contributed by atoms with van der Waals surface area (Å²) in [5, 5.41) is 7.83. The van der Waals surface area contributed by atoms with Gasteiger partial charge in [-0.25, -0.2) is 0 Å². The number of hydrogen-bond acceptors (Lipinski definition) is 6. The predicted molar refractivity (Wildman–Crippen MR) is 53.8 cm³/mol. The summed E-state index contributed by atoms with van der Waals surface area (Å²) in [5.74, 6) is 0. The van der Waals surface area contributed by atoms with Crippen molar-refractivity contribution in [2.24, 2.45) is 15.5 Å². The first-order valence-corrected chi connectivity index (χ1v) is 3.96. The summed E-state index contributed by atoms with van der Waals surface area (Å²) in [6, 6.07) is 0. The molecule has 0 aliphatic rings. The van der Waals surface area contributed by atoms with Crippen LogP contribution >= 0.6 is 0 Å². The monoisotopic (exact) mass is 197 g/mol. The summed E-state index contributed by atoms with van der Waals surface area (Å²) >= 11 is 0. The van der Waals surface area contributed by atoms with Gasteiger partial charge in [-0.2, -0.15) is 9.81 Å². The molecule has 0 spiro atoms. The molecule has 14 heavy (non-hydrogen) atoms. The normalized spacial score (nSPS) is 11.1. The molecule has 0 aliphatic heterocycles. The minimum absolute atomic E-state index is 0.379. The Morgan fingerprint density at radius 1 is 1.14 bits per heavy atom. The number of rotatable bonds is 8. The predicted octanol–water partition coefficient (Wildman–Crippen LogP) is 2.16. The second-order valence-electron chi connectivity index (χ2n) is 2.70. The molecule has 0 radical (unpaired) electrons. The first-order chi connectivity index (χ1) is 6.74. The Balaban J connectivity index is 4.62. The summed E-state index contributed by atoms with van der Waals surface area (Å²) in [5.41, 5.74) is -1.42. The van der Waals surface area contributed by atoms with Gasteiger partial charge in [0.05, 0.1) is 0 Å². The molecule has 6 heteroatoms. The van der Waals surface area contributed by atoms with Crippen molar-refractivity contribution in [3.8, 4) is 0 Å². The lowest BCUT2D eigenvalue weighted by Gasteiger charge is -2.13. The average Bonchev–Trinajstić information content (AvgIpc) is 2.19. The molecule has 0 unspecified atom stereocenters. The van der Waals surface area contributed by atoms with E-state index < -0.39 is 5.54 Å². The molecule has 0 amide bonds. The van der Waals surface area contributed by atoms with Gasteiger partial charge in [0.1, 0.15) is 13.1 Å². The SMILES string of the molecule is C=CC/C=C\C(CN=O)(CN=O)N=O. The third-order valence-electron chi connectivity index (χ3n) is 1.59. The van der Waals surface area contributed by atoms with Crippen LogP contribution in [0.4, 0.5) is 0 Å². The topological polar surface area (TPSA) is 88.3 Å². The van der Waals surface area contributed by atoms with Crippen molar-refractivity contribution in [1.82, 2.24) is 0 Å². The van der Waals surface area contributed by atoms with Crippen LogP contribution in [0.25, 0.3) is 0 Å². The van der Waals surface area contributed by atoms with Crippen LogP contribution in [0, 0.1) is 14.7 Å². The van der Waals surface area contributed by atoms with E-state index in [1.54, 1.807) is 12.2 Å². The minimum atomic E-state index is -1.42. The van der Waals surface area contributed by atoms with E-state index in [1.165, 1.54) is 6.08 Å². The highest BCUT2D eigenvalue weighted by molar-refractivity contribution is 5.10. The molecule has 0 heterocycles. The van der Waals surface area contributed by atoms with Gasteiger partial charge >= 0.3 is 0 Å². The zero-order valence-electron chi connectivity index (χ0n) is 7.63. The maximum atomic E-state index is 10.5. The standard InChI is InChI=1S/C8H11N3O3/c1-2-3-4-5-8(11-14,6-9-12)7-10-13/h2,4-5H,1,3,6-7H2/b5-4-. The fourth-order valence-electron chi connectivity index (χ4n) is 0.851. The molecule has 0 aromatic heterocycles. The van der Waals surface area contributed by atoms with E-state index in [9.17, 15) is 14.7 Å². The van der Waals surface area contributed by atoms with Gasteiger partial charge in [0.15, 0.2) is 5.54 Å². The molecule has 0 N–H and O–H groups in total. The van der Waals surface area contributed by atoms with Crippen molar-refractivity contribution in [2.45, 2.75) is 12.0 Å². The molecule has 0 atom stereocenters. The number of allylic oxidation sites excluding steroid dienone is 2. The van der Waals surface area contributed by atoms with Gasteiger partial charge in [-0.3, -0.25) is 0 Å². The van der Waals surface area contributed by atoms with Crippen molar-refractivity contribution in [1.29, 1.82) is 0 Å². The van der Waals surface area contributed by atoms with E-state index in [0.29, 0.717) is 6.42 Å². The number of nitrogens with zero attached hydrogens (tertiary/aromatic N) is 3. The van der Waals surface area contributed by atoms with Gasteiger partial charge in [0, 0.05) is 0 Å². The van der Waals surface area contributed by atoms with Crippen molar-refractivity contribution in [2.75, 3.05) is 13.1 Å². The lowest BCUT2D eigenvalue weighted by atomic mass is 10.0. The maximum absolute atomic E-state index is 10.5. The summed E-state index contributed by atoms with van der Waals surface area (Å²) in [6.07, 6.45) is 5.08. The summed E-state index contributed by atoms with van der Waals surface area (Å²) in [6.45, 7) is 2.71. The van der Waals surface area contributed by atoms with Crippen LogP contribution in [0.15, 0.2) is 40.3 Å². The molecule has 0 aliphatic carbocycles. The Kier molecular flexibility index (Phi) is 5.93. The zero-order valence-corrected chi connectivity index (χ0v) is 7.63.